The minimum Gasteiger partial charge on any atom is -0.324 e. The van der Waals surface area contributed by atoms with Crippen LogP contribution >= 0.6 is 34.8 Å². The predicted octanol–water partition coefficient (Wildman–Crippen LogP) is 2.32. The van der Waals surface area contributed by atoms with Crippen LogP contribution in [0.1, 0.15) is 0 Å². The van der Waals surface area contributed by atoms with Gasteiger partial charge < -0.3 is 5.32 Å². The van der Waals surface area contributed by atoms with E-state index in [1.54, 1.807) is 4.90 Å². The quantitative estimate of drug-likeness (QED) is 0.828. The zero-order valence-electron chi connectivity index (χ0n) is 10.9. The first-order valence-corrected chi connectivity index (χ1v) is 9.09. The monoisotopic (exact) mass is 370 g/mol. The van der Waals surface area contributed by atoms with Crippen molar-refractivity contribution in [2.24, 2.45) is 0 Å². The minimum absolute atomic E-state index is 0.0772. The zero-order valence-corrected chi connectivity index (χ0v) is 14.0. The highest BCUT2D eigenvalue weighted by atomic mass is 35.5. The highest BCUT2D eigenvalue weighted by Crippen LogP contribution is 2.32. The van der Waals surface area contributed by atoms with Crippen LogP contribution in [0.15, 0.2) is 12.1 Å². The molecule has 1 N–H and O–H groups in total. The molecule has 1 aliphatic rings. The molecule has 0 radical (unpaired) electrons. The van der Waals surface area contributed by atoms with E-state index in [1.807, 2.05) is 0 Å². The molecule has 0 spiro atoms. The largest absolute Gasteiger partial charge is 0.324 e. The Morgan fingerprint density at radius 2 is 1.67 bits per heavy atom. The second-order valence-corrected chi connectivity index (χ2v) is 8.25. The highest BCUT2D eigenvalue weighted by molar-refractivity contribution is 7.91. The molecule has 0 unspecified atom stereocenters. The van der Waals surface area contributed by atoms with Crippen LogP contribution < -0.4 is 5.32 Å². The van der Waals surface area contributed by atoms with Gasteiger partial charge in [0.05, 0.1) is 38.8 Å². The number of carbonyl (C=O) groups excluding carboxylic acids is 1. The maximum absolute atomic E-state index is 12.0. The molecule has 21 heavy (non-hydrogen) atoms. The number of hydrogen-bond acceptors (Lipinski definition) is 4. The van der Waals surface area contributed by atoms with Gasteiger partial charge in [-0.25, -0.2) is 8.42 Å². The first kappa shape index (κ1) is 16.8. The third-order valence-electron chi connectivity index (χ3n) is 3.09. The molecule has 0 bridgehead atoms. The number of anilines is 1. The number of benzene rings is 1. The SMILES string of the molecule is O=C(CN1CCS(=O)(=O)CC1)Nc1cc(Cl)c(Cl)cc1Cl. The van der Waals surface area contributed by atoms with Crippen molar-refractivity contribution in [3.8, 4) is 0 Å². The van der Waals surface area contributed by atoms with Crippen LogP contribution in [0.2, 0.25) is 15.1 Å². The average Bonchev–Trinajstić information content (AvgIpc) is 2.38. The lowest BCUT2D eigenvalue weighted by molar-refractivity contribution is -0.117. The fourth-order valence-electron chi connectivity index (χ4n) is 1.92. The Bertz CT molecular complexity index is 650. The molecule has 0 aliphatic carbocycles. The molecule has 5 nitrogen and oxygen atoms in total. The van der Waals surface area contributed by atoms with Gasteiger partial charge in [-0.15, -0.1) is 0 Å². The van der Waals surface area contributed by atoms with Gasteiger partial charge in [0.25, 0.3) is 0 Å². The Hall–Kier alpha value is -0.530. The molecule has 1 aromatic carbocycles. The molecule has 1 amide bonds. The first-order chi connectivity index (χ1) is 9.77. The smallest absolute Gasteiger partial charge is 0.238 e. The fraction of sp³-hybridized carbons (Fsp3) is 0.417. The second-order valence-electron chi connectivity index (χ2n) is 4.72. The van der Waals surface area contributed by atoms with Gasteiger partial charge in [-0.3, -0.25) is 9.69 Å². The predicted molar refractivity (Wildman–Crippen MR) is 85.2 cm³/mol. The number of rotatable bonds is 3. The lowest BCUT2D eigenvalue weighted by atomic mass is 10.3. The Balaban J connectivity index is 1.95. The van der Waals surface area contributed by atoms with E-state index in [0.29, 0.717) is 33.8 Å². The van der Waals surface area contributed by atoms with E-state index in [2.05, 4.69) is 5.32 Å². The Morgan fingerprint density at radius 1 is 1.10 bits per heavy atom. The van der Waals surface area contributed by atoms with Gasteiger partial charge in [-0.1, -0.05) is 34.8 Å². The fourth-order valence-corrected chi connectivity index (χ4v) is 3.79. The second kappa shape index (κ2) is 6.71. The van der Waals surface area contributed by atoms with Crippen LogP contribution in [0.25, 0.3) is 0 Å². The van der Waals surface area contributed by atoms with Gasteiger partial charge >= 0.3 is 0 Å². The maximum atomic E-state index is 12.0. The van der Waals surface area contributed by atoms with E-state index in [-0.39, 0.29) is 24.0 Å². The Kier molecular flexibility index (Phi) is 5.38. The number of carbonyl (C=O) groups is 1. The zero-order chi connectivity index (χ0) is 15.6. The lowest BCUT2D eigenvalue weighted by Gasteiger charge is -2.25. The van der Waals surface area contributed by atoms with Crippen LogP contribution in [0.4, 0.5) is 5.69 Å². The molecule has 0 atom stereocenters. The normalized spacial score (nSPS) is 18.4. The summed E-state index contributed by atoms with van der Waals surface area (Å²) < 4.78 is 22.6. The van der Waals surface area contributed by atoms with Crippen molar-refractivity contribution in [3.63, 3.8) is 0 Å². The number of hydrogen-bond donors (Lipinski definition) is 1. The molecule has 0 aromatic heterocycles. The van der Waals surface area contributed by atoms with Crippen LogP contribution in [0.5, 0.6) is 0 Å². The van der Waals surface area contributed by atoms with Crippen LogP contribution in [0.3, 0.4) is 0 Å². The van der Waals surface area contributed by atoms with Crippen LogP contribution in [-0.2, 0) is 14.6 Å². The van der Waals surface area contributed by atoms with E-state index in [4.69, 9.17) is 34.8 Å². The molecule has 1 aromatic rings. The molecule has 1 heterocycles. The van der Waals surface area contributed by atoms with Crippen molar-refractivity contribution in [1.29, 1.82) is 0 Å². The Morgan fingerprint density at radius 3 is 2.29 bits per heavy atom. The van der Waals surface area contributed by atoms with Gasteiger partial charge in [0, 0.05) is 13.1 Å². The number of nitrogens with one attached hydrogen (secondary N) is 1. The van der Waals surface area contributed by atoms with Gasteiger partial charge in [0.1, 0.15) is 0 Å². The van der Waals surface area contributed by atoms with Crippen molar-refractivity contribution >= 4 is 56.2 Å². The molecule has 9 heteroatoms. The molecule has 116 valence electrons. The Labute approximate surface area is 138 Å². The number of sulfone groups is 1. The topological polar surface area (TPSA) is 66.5 Å². The van der Waals surface area contributed by atoms with Crippen molar-refractivity contribution < 1.29 is 13.2 Å². The van der Waals surface area contributed by atoms with Gasteiger partial charge in [0.2, 0.25) is 5.91 Å². The average molecular weight is 372 g/mol. The summed E-state index contributed by atoms with van der Waals surface area (Å²) in [7, 11) is -2.95. The van der Waals surface area contributed by atoms with Crippen molar-refractivity contribution in [1.82, 2.24) is 4.90 Å². The summed E-state index contributed by atoms with van der Waals surface area (Å²) in [5, 5.41) is 3.53. The summed E-state index contributed by atoms with van der Waals surface area (Å²) in [6.07, 6.45) is 0. The third kappa shape index (κ3) is 4.72. The summed E-state index contributed by atoms with van der Waals surface area (Å²) >= 11 is 17.7. The van der Waals surface area contributed by atoms with Crippen molar-refractivity contribution in [2.75, 3.05) is 36.5 Å². The summed E-state index contributed by atoms with van der Waals surface area (Å²) in [5.41, 5.74) is 0.376. The first-order valence-electron chi connectivity index (χ1n) is 6.14. The lowest BCUT2D eigenvalue weighted by Crippen LogP contribution is -2.43. The minimum atomic E-state index is -2.95. The van der Waals surface area contributed by atoms with E-state index in [0.717, 1.165) is 0 Å². The van der Waals surface area contributed by atoms with Gasteiger partial charge in [-0.2, -0.15) is 0 Å². The molecular formula is C12H13Cl3N2O3S. The van der Waals surface area contributed by atoms with Gasteiger partial charge in [-0.05, 0) is 12.1 Å². The molecule has 1 fully saturated rings. The van der Waals surface area contributed by atoms with E-state index >= 15 is 0 Å². The summed E-state index contributed by atoms with van der Waals surface area (Å²) in [6.45, 7) is 0.807. The number of halogens is 3. The maximum Gasteiger partial charge on any atom is 0.238 e. The van der Waals surface area contributed by atoms with E-state index in [9.17, 15) is 13.2 Å². The standard InChI is InChI=1S/C12H13Cl3N2O3S/c13-8-5-10(15)11(6-9(8)14)16-12(18)7-17-1-3-21(19,20)4-2-17/h5-6H,1-4,7H2,(H,16,18). The number of nitrogens with zero attached hydrogens (tertiary/aromatic N) is 1. The molecule has 1 aliphatic heterocycles. The van der Waals surface area contributed by atoms with Crippen molar-refractivity contribution in [2.45, 2.75) is 0 Å². The van der Waals surface area contributed by atoms with Crippen LogP contribution in [0, 0.1) is 0 Å². The summed E-state index contributed by atoms with van der Waals surface area (Å²) in [4.78, 5) is 13.7. The van der Waals surface area contributed by atoms with Crippen molar-refractivity contribution in [3.05, 3.63) is 27.2 Å². The molecular weight excluding hydrogens is 359 g/mol. The van der Waals surface area contributed by atoms with Gasteiger partial charge in [0.15, 0.2) is 9.84 Å². The highest BCUT2D eigenvalue weighted by Gasteiger charge is 2.23. The van der Waals surface area contributed by atoms with E-state index < -0.39 is 9.84 Å². The summed E-state index contributed by atoms with van der Waals surface area (Å²) in [6, 6.07) is 2.93. The molecule has 1 saturated heterocycles. The molecule has 2 rings (SSSR count). The summed E-state index contributed by atoms with van der Waals surface area (Å²) in [5.74, 6) is -0.128. The van der Waals surface area contributed by atoms with Crippen LogP contribution in [-0.4, -0.2) is 50.4 Å². The number of amides is 1. The van der Waals surface area contributed by atoms with E-state index in [1.165, 1.54) is 12.1 Å². The molecule has 0 saturated carbocycles. The third-order valence-corrected chi connectivity index (χ3v) is 5.73.